The zero-order valence-corrected chi connectivity index (χ0v) is 11.4. The van der Waals surface area contributed by atoms with Gasteiger partial charge in [0.15, 0.2) is 0 Å². The first-order chi connectivity index (χ1) is 7.51. The minimum Gasteiger partial charge on any atom is -0.386 e. The molecule has 0 saturated carbocycles. The van der Waals surface area contributed by atoms with Crippen LogP contribution in [0.4, 0.5) is 0 Å². The molecule has 0 bridgehead atoms. The maximum absolute atomic E-state index is 11.8. The van der Waals surface area contributed by atoms with Gasteiger partial charge in [0.05, 0.1) is 0 Å². The lowest BCUT2D eigenvalue weighted by molar-refractivity contribution is 0.452. The monoisotopic (exact) mass is 236 g/mol. The molecule has 0 saturated heterocycles. The van der Waals surface area contributed by atoms with Gasteiger partial charge in [-0.25, -0.2) is 9.59 Å². The summed E-state index contributed by atoms with van der Waals surface area (Å²) in [5.41, 5.74) is -0.317. The molecule has 0 N–H and O–H groups in total. The van der Waals surface area contributed by atoms with Gasteiger partial charge in [0.1, 0.15) is 0 Å². The molecule has 0 aliphatic rings. The highest BCUT2D eigenvalue weighted by molar-refractivity contribution is 5.27. The van der Waals surface area contributed by atoms with E-state index in [1.807, 2.05) is 41.5 Å². The number of hydrogen-bond acceptors (Lipinski definition) is 3. The second kappa shape index (κ2) is 4.13. The lowest BCUT2D eigenvalue weighted by atomic mass is 9.83. The zero-order chi connectivity index (χ0) is 13.4. The van der Waals surface area contributed by atoms with Gasteiger partial charge in [0, 0.05) is 11.6 Å². The van der Waals surface area contributed by atoms with Crippen LogP contribution in [0.15, 0.2) is 26.1 Å². The third-order valence-corrected chi connectivity index (χ3v) is 2.66. The van der Waals surface area contributed by atoms with Gasteiger partial charge < -0.3 is 4.42 Å². The molecule has 3 heteroatoms. The number of rotatable bonds is 0. The van der Waals surface area contributed by atoms with Crippen molar-refractivity contribution >= 4 is 0 Å². The predicted molar refractivity (Wildman–Crippen MR) is 68.6 cm³/mol. The lowest BCUT2D eigenvalue weighted by Crippen LogP contribution is -2.22. The van der Waals surface area contributed by atoms with Crippen LogP contribution in [0.2, 0.25) is 0 Å². The van der Waals surface area contributed by atoms with Crippen molar-refractivity contribution in [2.24, 2.45) is 0 Å². The van der Waals surface area contributed by atoms with Gasteiger partial charge in [-0.2, -0.15) is 0 Å². The van der Waals surface area contributed by atoms with Gasteiger partial charge >= 0.3 is 11.3 Å². The predicted octanol–water partition coefficient (Wildman–Crippen LogP) is 2.60. The van der Waals surface area contributed by atoms with Crippen LogP contribution in [-0.4, -0.2) is 0 Å². The van der Waals surface area contributed by atoms with E-state index in [1.54, 1.807) is 6.07 Å². The highest BCUT2D eigenvalue weighted by Gasteiger charge is 2.22. The minimum absolute atomic E-state index is 0.194. The molecule has 94 valence electrons. The van der Waals surface area contributed by atoms with Crippen LogP contribution in [-0.2, 0) is 10.8 Å². The SMILES string of the molecule is CC(C)(C)c1cc(C(C)(C)C)c(=O)oc(=O)c1. The molecule has 1 aromatic rings. The van der Waals surface area contributed by atoms with Crippen molar-refractivity contribution in [1.29, 1.82) is 0 Å². The molecule has 0 fully saturated rings. The first kappa shape index (κ1) is 13.7. The van der Waals surface area contributed by atoms with E-state index in [2.05, 4.69) is 0 Å². The summed E-state index contributed by atoms with van der Waals surface area (Å²) in [7, 11) is 0. The fourth-order valence-electron chi connectivity index (χ4n) is 1.51. The Bertz CT molecular complexity index is 525. The maximum atomic E-state index is 11.8. The van der Waals surface area contributed by atoms with Gasteiger partial charge in [-0.05, 0) is 22.5 Å². The smallest absolute Gasteiger partial charge is 0.342 e. The van der Waals surface area contributed by atoms with Gasteiger partial charge in [-0.1, -0.05) is 41.5 Å². The normalized spacial score (nSPS) is 12.6. The highest BCUT2D eigenvalue weighted by Crippen LogP contribution is 2.24. The van der Waals surface area contributed by atoms with Crippen LogP contribution in [0.25, 0.3) is 0 Å². The molecule has 0 spiro atoms. The molecule has 3 nitrogen and oxygen atoms in total. The van der Waals surface area contributed by atoms with Crippen LogP contribution in [0.1, 0.15) is 52.7 Å². The second-order valence-corrected chi connectivity index (χ2v) is 6.37. The highest BCUT2D eigenvalue weighted by atomic mass is 16.4. The first-order valence-corrected chi connectivity index (χ1v) is 5.72. The Kier molecular flexibility index (Phi) is 3.33. The van der Waals surface area contributed by atoms with E-state index < -0.39 is 11.3 Å². The Balaban J connectivity index is 3.72. The Morgan fingerprint density at radius 2 is 1.41 bits per heavy atom. The van der Waals surface area contributed by atoms with Crippen molar-refractivity contribution in [2.45, 2.75) is 52.4 Å². The van der Waals surface area contributed by atoms with E-state index in [0.29, 0.717) is 5.56 Å². The van der Waals surface area contributed by atoms with E-state index in [9.17, 15) is 9.59 Å². The van der Waals surface area contributed by atoms with Gasteiger partial charge in [-0.15, -0.1) is 0 Å². The molecule has 1 aromatic heterocycles. The van der Waals surface area contributed by atoms with E-state index in [1.165, 1.54) is 6.07 Å². The summed E-state index contributed by atoms with van der Waals surface area (Å²) in [6, 6.07) is 3.18. The van der Waals surface area contributed by atoms with Crippen molar-refractivity contribution in [3.8, 4) is 0 Å². The van der Waals surface area contributed by atoms with Gasteiger partial charge in [0.25, 0.3) is 0 Å². The number of hydrogen-bond donors (Lipinski definition) is 0. The summed E-state index contributed by atoms with van der Waals surface area (Å²) in [6.45, 7) is 11.8. The largest absolute Gasteiger partial charge is 0.386 e. The molecule has 0 aromatic carbocycles. The van der Waals surface area contributed by atoms with Crippen molar-refractivity contribution in [2.75, 3.05) is 0 Å². The van der Waals surface area contributed by atoms with Crippen LogP contribution >= 0.6 is 0 Å². The van der Waals surface area contributed by atoms with E-state index in [0.717, 1.165) is 5.56 Å². The summed E-state index contributed by atoms with van der Waals surface area (Å²) in [5, 5.41) is 0. The molecular weight excluding hydrogens is 216 g/mol. The Morgan fingerprint density at radius 3 is 1.82 bits per heavy atom. The molecule has 1 rings (SSSR count). The Labute approximate surface area is 101 Å². The van der Waals surface area contributed by atoms with Gasteiger partial charge in [0.2, 0.25) is 0 Å². The van der Waals surface area contributed by atoms with Gasteiger partial charge in [-0.3, -0.25) is 0 Å². The second-order valence-electron chi connectivity index (χ2n) is 6.37. The quantitative estimate of drug-likeness (QED) is 0.695. The zero-order valence-electron chi connectivity index (χ0n) is 11.4. The van der Waals surface area contributed by atoms with Crippen molar-refractivity contribution < 1.29 is 4.42 Å². The Morgan fingerprint density at radius 1 is 0.882 bits per heavy atom. The minimum atomic E-state index is -0.588. The summed E-state index contributed by atoms with van der Waals surface area (Å²) < 4.78 is 4.75. The average molecular weight is 236 g/mol. The van der Waals surface area contributed by atoms with Crippen molar-refractivity contribution in [3.05, 3.63) is 44.1 Å². The van der Waals surface area contributed by atoms with E-state index >= 15 is 0 Å². The third-order valence-electron chi connectivity index (χ3n) is 2.66. The summed E-state index contributed by atoms with van der Waals surface area (Å²) in [5.74, 6) is 0. The van der Waals surface area contributed by atoms with Crippen molar-refractivity contribution in [3.63, 3.8) is 0 Å². The van der Waals surface area contributed by atoms with Crippen LogP contribution in [0.5, 0.6) is 0 Å². The topological polar surface area (TPSA) is 47.3 Å². The van der Waals surface area contributed by atoms with Crippen molar-refractivity contribution in [1.82, 2.24) is 0 Å². The molecule has 17 heavy (non-hydrogen) atoms. The average Bonchev–Trinajstić information content (AvgIpc) is 2.21. The maximum Gasteiger partial charge on any atom is 0.342 e. The van der Waals surface area contributed by atoms with E-state index in [4.69, 9.17) is 4.42 Å². The summed E-state index contributed by atoms with van der Waals surface area (Å²) >= 11 is 0. The molecule has 0 radical (unpaired) electrons. The van der Waals surface area contributed by atoms with Crippen LogP contribution in [0, 0.1) is 0 Å². The first-order valence-electron chi connectivity index (χ1n) is 5.72. The standard InChI is InChI=1S/C14H20O3/c1-13(2,3)9-7-10(14(4,5)6)12(16)17-11(15)8-9/h7-8H,1-6H3. The Hall–Kier alpha value is -1.38. The summed E-state index contributed by atoms with van der Waals surface area (Å²) in [4.78, 5) is 23.3. The molecule has 1 heterocycles. The molecule has 0 aliphatic heterocycles. The molecule has 0 aliphatic carbocycles. The summed E-state index contributed by atoms with van der Waals surface area (Å²) in [6.07, 6.45) is 0. The third kappa shape index (κ3) is 3.29. The fraction of sp³-hybridized carbons (Fsp3) is 0.571. The van der Waals surface area contributed by atoms with Crippen LogP contribution < -0.4 is 11.3 Å². The molecule has 0 atom stereocenters. The molecule has 0 unspecified atom stereocenters. The fourth-order valence-corrected chi connectivity index (χ4v) is 1.51. The van der Waals surface area contributed by atoms with E-state index in [-0.39, 0.29) is 10.8 Å². The van der Waals surface area contributed by atoms with Crippen LogP contribution in [0.3, 0.4) is 0 Å². The lowest BCUT2D eigenvalue weighted by Gasteiger charge is -2.20. The molecule has 0 amide bonds. The molecular formula is C14H20O3.